The zero-order valence-corrected chi connectivity index (χ0v) is 32.1. The Bertz CT molecular complexity index is 1940. The summed E-state index contributed by atoms with van der Waals surface area (Å²) in [7, 11) is -7.56. The molecule has 2 aromatic carbocycles. The number of rotatable bonds is 20. The monoisotopic (exact) mass is 762 g/mol. The lowest BCUT2D eigenvalue weighted by Gasteiger charge is -2.30. The SMILES string of the molecule is CC[N+]1=C(/C=C\C=C2/N(CCCCCC(=O)O)c3ccc(S(=O)(=O)[O-])cc3C2(C)CCOCCOCCOC)C(C)(C)c2cc(S(=O)(=O)O)ccc21. The van der Waals surface area contributed by atoms with Crippen LogP contribution < -0.4 is 4.90 Å². The van der Waals surface area contributed by atoms with E-state index in [1.54, 1.807) is 19.2 Å². The van der Waals surface area contributed by atoms with E-state index in [1.807, 2.05) is 45.9 Å². The van der Waals surface area contributed by atoms with Crippen molar-refractivity contribution in [1.82, 2.24) is 0 Å². The van der Waals surface area contributed by atoms with E-state index in [4.69, 9.17) is 19.3 Å². The van der Waals surface area contributed by atoms with Crippen LogP contribution in [0.1, 0.15) is 70.9 Å². The first-order valence-corrected chi connectivity index (χ1v) is 20.2. The van der Waals surface area contributed by atoms with Crippen LogP contribution in [0.25, 0.3) is 0 Å². The number of carboxylic acids is 1. The molecule has 0 aromatic heterocycles. The van der Waals surface area contributed by atoms with Crippen LogP contribution in [-0.4, -0.2) is 101 Å². The number of anilines is 1. The number of fused-ring (bicyclic) bond motifs is 2. The third-order valence-corrected chi connectivity index (χ3v) is 11.5. The molecule has 0 spiro atoms. The number of methoxy groups -OCH3 is 1. The van der Waals surface area contributed by atoms with E-state index in [9.17, 15) is 30.7 Å². The van der Waals surface area contributed by atoms with E-state index in [1.165, 1.54) is 24.3 Å². The average Bonchev–Trinajstić information content (AvgIpc) is 3.43. The molecule has 0 amide bonds. The van der Waals surface area contributed by atoms with Crippen LogP contribution in [0.15, 0.2) is 70.1 Å². The highest BCUT2D eigenvalue weighted by atomic mass is 32.2. The summed E-state index contributed by atoms with van der Waals surface area (Å²) in [6.07, 6.45) is 8.22. The fourth-order valence-electron chi connectivity index (χ4n) is 7.04. The number of hydrogen-bond acceptors (Lipinski definition) is 10. The highest BCUT2D eigenvalue weighted by molar-refractivity contribution is 7.86. The van der Waals surface area contributed by atoms with Crippen LogP contribution in [0, 0.1) is 0 Å². The fraction of sp³-hybridized carbons (Fsp3) is 0.514. The molecule has 0 saturated carbocycles. The van der Waals surface area contributed by atoms with Crippen LogP contribution >= 0.6 is 0 Å². The number of allylic oxidation sites excluding steroid dienone is 4. The minimum absolute atomic E-state index is 0.0629. The molecule has 2 heterocycles. The van der Waals surface area contributed by atoms with Crippen molar-refractivity contribution in [2.75, 3.05) is 58.1 Å². The predicted octanol–water partition coefficient (Wildman–Crippen LogP) is 5.17. The molecule has 4 rings (SSSR count). The standard InChI is InChI=1S/C37H50N2O11S2/c1-6-38-31-16-14-27(51(42,43)44)25-29(31)36(2,3)33(38)11-10-12-34-37(4,18-20-49-23-24-50-22-21-48-5)30-26-28(52(45,46)47)15-17-32(30)39(34)19-9-7-8-13-35(40)41/h10-12,14-17,25-26H,6-9,13,18-24H2,1-5H3,(H2-,40,41,42,43,44,45,46,47). The minimum Gasteiger partial charge on any atom is -0.744 e. The maximum atomic E-state index is 12.2. The lowest BCUT2D eigenvalue weighted by atomic mass is 9.78. The molecule has 2 aliphatic rings. The summed E-state index contributed by atoms with van der Waals surface area (Å²) in [4.78, 5) is 12.7. The van der Waals surface area contributed by atoms with Gasteiger partial charge >= 0.3 is 5.97 Å². The zero-order valence-electron chi connectivity index (χ0n) is 30.5. The van der Waals surface area contributed by atoms with Gasteiger partial charge in [0, 0.05) is 61.2 Å². The summed E-state index contributed by atoms with van der Waals surface area (Å²) in [5.41, 5.74) is 3.37. The van der Waals surface area contributed by atoms with Gasteiger partial charge in [-0.05, 0) is 88.9 Å². The molecular weight excluding hydrogens is 713 g/mol. The molecule has 2 N–H and O–H groups in total. The van der Waals surface area contributed by atoms with Crippen LogP contribution in [0.3, 0.4) is 0 Å². The average molecular weight is 763 g/mol. The molecule has 52 heavy (non-hydrogen) atoms. The second-order valence-corrected chi connectivity index (χ2v) is 16.4. The van der Waals surface area contributed by atoms with Crippen molar-refractivity contribution in [1.29, 1.82) is 0 Å². The molecule has 13 nitrogen and oxygen atoms in total. The van der Waals surface area contributed by atoms with Crippen molar-refractivity contribution in [3.8, 4) is 0 Å². The molecule has 0 saturated heterocycles. The van der Waals surface area contributed by atoms with Crippen molar-refractivity contribution in [3.63, 3.8) is 0 Å². The van der Waals surface area contributed by atoms with Gasteiger partial charge in [0.15, 0.2) is 5.71 Å². The van der Waals surface area contributed by atoms with E-state index in [-0.39, 0.29) is 16.2 Å². The van der Waals surface area contributed by atoms with Crippen LogP contribution in [0.5, 0.6) is 0 Å². The summed E-state index contributed by atoms with van der Waals surface area (Å²) in [6, 6.07) is 9.02. The quantitative estimate of drug-likeness (QED) is 0.103. The topological polar surface area (TPSA) is 183 Å². The Morgan fingerprint density at radius 2 is 1.58 bits per heavy atom. The smallest absolute Gasteiger partial charge is 0.303 e. The van der Waals surface area contributed by atoms with Crippen LogP contribution in [-0.2, 0) is 50.1 Å². The number of carbonyl (C=O) groups is 1. The Hall–Kier alpha value is -3.44. The molecule has 1 unspecified atom stereocenters. The molecule has 1 atom stereocenters. The number of ether oxygens (including phenoxy) is 3. The Kier molecular flexibility index (Phi) is 13.6. The second-order valence-electron chi connectivity index (χ2n) is 13.6. The Morgan fingerprint density at radius 1 is 0.923 bits per heavy atom. The van der Waals surface area contributed by atoms with Crippen molar-refractivity contribution < 1.29 is 54.6 Å². The number of carboxylic acid groups (broad SMARTS) is 1. The Labute approximate surface area is 307 Å². The molecule has 2 aromatic rings. The van der Waals surface area contributed by atoms with Crippen molar-refractivity contribution in [2.24, 2.45) is 0 Å². The largest absolute Gasteiger partial charge is 0.744 e. The van der Waals surface area contributed by atoms with Crippen LogP contribution in [0.2, 0.25) is 0 Å². The molecule has 0 fully saturated rings. The maximum absolute atomic E-state index is 12.2. The number of nitrogens with zero attached hydrogens (tertiary/aromatic N) is 2. The predicted molar refractivity (Wildman–Crippen MR) is 195 cm³/mol. The van der Waals surface area contributed by atoms with E-state index in [0.29, 0.717) is 77.4 Å². The highest BCUT2D eigenvalue weighted by Crippen LogP contribution is 2.51. The summed E-state index contributed by atoms with van der Waals surface area (Å²) < 4.78 is 88.8. The molecular formula is C37H50N2O11S2. The third kappa shape index (κ3) is 9.37. The fourth-order valence-corrected chi connectivity index (χ4v) is 8.04. The Balaban J connectivity index is 1.74. The third-order valence-electron chi connectivity index (χ3n) is 9.81. The first-order chi connectivity index (χ1) is 24.5. The summed E-state index contributed by atoms with van der Waals surface area (Å²) in [5.74, 6) is -0.856. The van der Waals surface area contributed by atoms with Gasteiger partial charge in [-0.3, -0.25) is 9.35 Å². The minimum atomic E-state index is -4.75. The zero-order chi connectivity index (χ0) is 38.3. The van der Waals surface area contributed by atoms with E-state index in [0.717, 1.165) is 28.3 Å². The number of hydrogen-bond donors (Lipinski definition) is 2. The number of aliphatic carboxylic acids is 1. The lowest BCUT2D eigenvalue weighted by Crippen LogP contribution is -2.31. The van der Waals surface area contributed by atoms with Gasteiger partial charge in [0.2, 0.25) is 5.69 Å². The summed E-state index contributed by atoms with van der Waals surface area (Å²) in [5, 5.41) is 9.13. The first kappa shape index (κ1) is 41.3. The number of benzene rings is 2. The normalized spacial score (nSPS) is 19.2. The van der Waals surface area contributed by atoms with Gasteiger partial charge < -0.3 is 28.8 Å². The first-order valence-electron chi connectivity index (χ1n) is 17.4. The van der Waals surface area contributed by atoms with Crippen molar-refractivity contribution in [2.45, 2.75) is 80.4 Å². The molecule has 286 valence electrons. The van der Waals surface area contributed by atoms with Gasteiger partial charge in [0.25, 0.3) is 10.1 Å². The van der Waals surface area contributed by atoms with Gasteiger partial charge in [-0.2, -0.15) is 13.0 Å². The van der Waals surface area contributed by atoms with Crippen molar-refractivity contribution >= 4 is 43.3 Å². The lowest BCUT2D eigenvalue weighted by molar-refractivity contribution is -0.433. The van der Waals surface area contributed by atoms with Gasteiger partial charge in [-0.15, -0.1) is 0 Å². The van der Waals surface area contributed by atoms with Gasteiger partial charge in [-0.25, -0.2) is 8.42 Å². The van der Waals surface area contributed by atoms with Gasteiger partial charge in [0.05, 0.1) is 41.6 Å². The molecule has 15 heteroatoms. The maximum Gasteiger partial charge on any atom is 0.303 e. The van der Waals surface area contributed by atoms with Gasteiger partial charge in [0.1, 0.15) is 16.7 Å². The van der Waals surface area contributed by atoms with Crippen LogP contribution in [0.4, 0.5) is 11.4 Å². The van der Waals surface area contributed by atoms with Crippen molar-refractivity contribution in [3.05, 3.63) is 71.5 Å². The second kappa shape index (κ2) is 17.1. The molecule has 0 aliphatic carbocycles. The highest BCUT2D eigenvalue weighted by Gasteiger charge is 2.45. The molecule has 2 aliphatic heterocycles. The Morgan fingerprint density at radius 3 is 2.21 bits per heavy atom. The van der Waals surface area contributed by atoms with E-state index in [2.05, 4.69) is 9.48 Å². The van der Waals surface area contributed by atoms with E-state index < -0.39 is 37.0 Å². The summed E-state index contributed by atoms with van der Waals surface area (Å²) in [6.45, 7) is 11.0. The molecule has 0 bridgehead atoms. The van der Waals surface area contributed by atoms with E-state index >= 15 is 0 Å². The number of unbranched alkanes of at least 4 members (excludes halogenated alkanes) is 2. The summed E-state index contributed by atoms with van der Waals surface area (Å²) >= 11 is 0. The van der Waals surface area contributed by atoms with Gasteiger partial charge in [-0.1, -0.05) is 12.5 Å². The molecule has 0 radical (unpaired) electrons.